The molecule has 3 aromatic carbocycles. The number of amides is 2. The summed E-state index contributed by atoms with van der Waals surface area (Å²) in [6.45, 7) is -0.0901. The van der Waals surface area contributed by atoms with E-state index >= 15 is 0 Å². The number of alkyl halides is 3. The molecule has 0 aliphatic heterocycles. The van der Waals surface area contributed by atoms with Crippen LogP contribution in [0, 0.1) is 0 Å². The van der Waals surface area contributed by atoms with E-state index in [4.69, 9.17) is 30.5 Å². The third kappa shape index (κ3) is 7.91. The van der Waals surface area contributed by atoms with Crippen LogP contribution in [0.5, 0.6) is 23.0 Å². The predicted octanol–water partition coefficient (Wildman–Crippen LogP) is 5.63. The Hall–Kier alpha value is -4.63. The van der Waals surface area contributed by atoms with Crippen molar-refractivity contribution in [3.05, 3.63) is 76.6 Å². The number of methoxy groups -OCH3 is 4. The molecule has 2 N–H and O–H groups in total. The number of nitrogens with zero attached hydrogens (tertiary/aromatic N) is 3. The van der Waals surface area contributed by atoms with Gasteiger partial charge in [0, 0.05) is 11.6 Å². The molecule has 0 aliphatic carbocycles. The molecule has 0 saturated carbocycles. The van der Waals surface area contributed by atoms with Gasteiger partial charge in [0.1, 0.15) is 11.5 Å². The number of benzene rings is 3. The molecule has 4 aromatic rings. The molecule has 0 aliphatic rings. The van der Waals surface area contributed by atoms with Crippen molar-refractivity contribution in [2.75, 3.05) is 39.5 Å². The fourth-order valence-corrected chi connectivity index (χ4v) is 5.00. The van der Waals surface area contributed by atoms with Gasteiger partial charge >= 0.3 is 6.18 Å². The van der Waals surface area contributed by atoms with Crippen LogP contribution in [0.3, 0.4) is 0 Å². The highest BCUT2D eigenvalue weighted by Crippen LogP contribution is 2.35. The number of carbonyl (C=O) groups excluding carboxylic acids is 2. The van der Waals surface area contributed by atoms with Gasteiger partial charge in [-0.05, 0) is 48.5 Å². The van der Waals surface area contributed by atoms with Gasteiger partial charge in [0.05, 0.1) is 62.7 Å². The van der Waals surface area contributed by atoms with Gasteiger partial charge in [0.25, 0.3) is 5.91 Å². The van der Waals surface area contributed by atoms with Gasteiger partial charge in [-0.25, -0.2) is 0 Å². The van der Waals surface area contributed by atoms with Crippen LogP contribution in [-0.4, -0.2) is 60.8 Å². The summed E-state index contributed by atoms with van der Waals surface area (Å²) in [5.74, 6) is 0.649. The van der Waals surface area contributed by atoms with Gasteiger partial charge in [0.2, 0.25) is 5.91 Å². The summed E-state index contributed by atoms with van der Waals surface area (Å²) in [7, 11) is 5.89. The summed E-state index contributed by atoms with van der Waals surface area (Å²) in [4.78, 5) is 25.8. The number of nitrogens with one attached hydrogen (secondary N) is 2. The number of aromatic nitrogens is 3. The number of hydrogen-bond acceptors (Lipinski definition) is 9. The smallest absolute Gasteiger partial charge is 0.416 e. The van der Waals surface area contributed by atoms with E-state index in [-0.39, 0.29) is 34.0 Å². The van der Waals surface area contributed by atoms with Crippen molar-refractivity contribution in [2.24, 2.45) is 0 Å². The van der Waals surface area contributed by atoms with Crippen LogP contribution in [0.1, 0.15) is 21.7 Å². The van der Waals surface area contributed by atoms with Crippen molar-refractivity contribution in [1.29, 1.82) is 0 Å². The molecule has 45 heavy (non-hydrogen) atoms. The monoisotopic (exact) mass is 665 g/mol. The molecule has 238 valence electrons. The first kappa shape index (κ1) is 33.3. The second kappa shape index (κ2) is 14.4. The predicted molar refractivity (Wildman–Crippen MR) is 161 cm³/mol. The third-order valence-electron chi connectivity index (χ3n) is 6.28. The second-order valence-corrected chi connectivity index (χ2v) is 10.4. The van der Waals surface area contributed by atoms with Crippen LogP contribution in [0.15, 0.2) is 59.8 Å². The van der Waals surface area contributed by atoms with E-state index < -0.39 is 23.6 Å². The van der Waals surface area contributed by atoms with Crippen molar-refractivity contribution in [3.63, 3.8) is 0 Å². The maximum Gasteiger partial charge on any atom is 0.416 e. The molecule has 1 heterocycles. The number of carbonyl (C=O) groups is 2. The van der Waals surface area contributed by atoms with Gasteiger partial charge < -0.3 is 29.6 Å². The van der Waals surface area contributed by atoms with Crippen LogP contribution in [0.25, 0.3) is 5.69 Å². The molecule has 0 spiro atoms. The molecule has 16 heteroatoms. The van der Waals surface area contributed by atoms with E-state index in [0.29, 0.717) is 34.2 Å². The quantitative estimate of drug-likeness (QED) is 0.185. The minimum atomic E-state index is -4.61. The van der Waals surface area contributed by atoms with Crippen LogP contribution >= 0.6 is 23.4 Å². The van der Waals surface area contributed by atoms with E-state index in [9.17, 15) is 22.8 Å². The zero-order valence-corrected chi connectivity index (χ0v) is 25.9. The van der Waals surface area contributed by atoms with E-state index in [1.54, 1.807) is 34.9 Å². The van der Waals surface area contributed by atoms with E-state index in [2.05, 4.69) is 20.8 Å². The number of anilines is 1. The van der Waals surface area contributed by atoms with Crippen molar-refractivity contribution in [3.8, 4) is 28.7 Å². The van der Waals surface area contributed by atoms with Crippen LogP contribution < -0.4 is 29.6 Å². The van der Waals surface area contributed by atoms with Crippen LogP contribution in [0.4, 0.5) is 18.9 Å². The number of halogens is 4. The van der Waals surface area contributed by atoms with Crippen molar-refractivity contribution < 1.29 is 41.7 Å². The molecule has 2 amide bonds. The fourth-order valence-electron chi connectivity index (χ4n) is 4.07. The highest BCUT2D eigenvalue weighted by molar-refractivity contribution is 7.99. The topological polar surface area (TPSA) is 126 Å². The molecule has 0 bridgehead atoms. The van der Waals surface area contributed by atoms with Crippen molar-refractivity contribution in [2.45, 2.75) is 17.9 Å². The maximum atomic E-state index is 13.2. The minimum absolute atomic E-state index is 0.0573. The van der Waals surface area contributed by atoms with Crippen LogP contribution in [-0.2, 0) is 17.5 Å². The normalized spacial score (nSPS) is 11.1. The Morgan fingerprint density at radius 1 is 0.889 bits per heavy atom. The van der Waals surface area contributed by atoms with E-state index in [0.717, 1.165) is 30.0 Å². The Labute approximate surface area is 265 Å². The SMILES string of the molecule is COc1ccc(OC)c(-n2c(CNC(=O)c3ccc(OC)c(OC)c3)nnc2SCC(=O)Nc2cc(C(F)(F)F)ccc2Cl)c1. The zero-order valence-electron chi connectivity index (χ0n) is 24.3. The number of ether oxygens (including phenoxy) is 4. The lowest BCUT2D eigenvalue weighted by Gasteiger charge is -2.16. The van der Waals surface area contributed by atoms with Crippen molar-refractivity contribution >= 4 is 40.9 Å². The Morgan fingerprint density at radius 3 is 2.27 bits per heavy atom. The lowest BCUT2D eigenvalue weighted by Crippen LogP contribution is -2.25. The average molecular weight is 666 g/mol. The summed E-state index contributed by atoms with van der Waals surface area (Å²) in [5.41, 5.74) is -0.399. The largest absolute Gasteiger partial charge is 0.497 e. The first-order chi connectivity index (χ1) is 21.5. The molecule has 0 fully saturated rings. The zero-order chi connectivity index (χ0) is 32.7. The lowest BCUT2D eigenvalue weighted by molar-refractivity contribution is -0.137. The average Bonchev–Trinajstić information content (AvgIpc) is 3.44. The fraction of sp³-hybridized carbons (Fsp3) is 0.241. The summed E-state index contributed by atoms with van der Waals surface area (Å²) in [6.07, 6.45) is -4.61. The Morgan fingerprint density at radius 2 is 1.60 bits per heavy atom. The summed E-state index contributed by atoms with van der Waals surface area (Å²) >= 11 is 6.98. The Balaban J connectivity index is 1.60. The van der Waals surface area contributed by atoms with E-state index in [1.165, 1.54) is 34.5 Å². The number of thioether (sulfide) groups is 1. The molecule has 0 unspecified atom stereocenters. The molecule has 1 aromatic heterocycles. The molecule has 4 rings (SSSR count). The van der Waals surface area contributed by atoms with Gasteiger partial charge in [-0.3, -0.25) is 14.2 Å². The third-order valence-corrected chi connectivity index (χ3v) is 7.54. The summed E-state index contributed by atoms with van der Waals surface area (Å²) in [6, 6.07) is 12.3. The first-order valence-electron chi connectivity index (χ1n) is 12.9. The lowest BCUT2D eigenvalue weighted by atomic mass is 10.2. The minimum Gasteiger partial charge on any atom is -0.497 e. The highest BCUT2D eigenvalue weighted by Gasteiger charge is 2.31. The number of rotatable bonds is 12. The Bertz CT molecular complexity index is 1700. The molecule has 0 atom stereocenters. The van der Waals surface area contributed by atoms with Crippen molar-refractivity contribution in [1.82, 2.24) is 20.1 Å². The first-order valence-corrected chi connectivity index (χ1v) is 14.3. The van der Waals surface area contributed by atoms with Gasteiger partial charge in [-0.1, -0.05) is 23.4 Å². The maximum absolute atomic E-state index is 13.2. The molecular formula is C29H27ClF3N5O6S. The molecule has 11 nitrogen and oxygen atoms in total. The van der Waals surface area contributed by atoms with Gasteiger partial charge in [0.15, 0.2) is 22.5 Å². The van der Waals surface area contributed by atoms with E-state index in [1.807, 2.05) is 0 Å². The number of hydrogen-bond donors (Lipinski definition) is 2. The Kier molecular flexibility index (Phi) is 10.7. The van der Waals surface area contributed by atoms with Gasteiger partial charge in [-0.15, -0.1) is 10.2 Å². The molecule has 0 radical (unpaired) electrons. The summed E-state index contributed by atoms with van der Waals surface area (Å²) < 4.78 is 62.5. The second-order valence-electron chi connectivity index (χ2n) is 9.05. The summed E-state index contributed by atoms with van der Waals surface area (Å²) in [5, 5.41) is 13.8. The van der Waals surface area contributed by atoms with Crippen LogP contribution in [0.2, 0.25) is 5.02 Å². The highest BCUT2D eigenvalue weighted by atomic mass is 35.5. The standard InChI is InChI=1S/C29H27ClF3N5O6S/c1-41-18-7-10-22(42-2)21(13-18)38-25(14-34-27(40)16-5-9-23(43-3)24(11-16)44-4)36-37-28(38)45-15-26(39)35-20-12-17(29(31,32)33)6-8-19(20)30/h5-13H,14-15H2,1-4H3,(H,34,40)(H,35,39). The van der Waals surface area contributed by atoms with Gasteiger partial charge in [-0.2, -0.15) is 13.2 Å². The molecular weight excluding hydrogens is 639 g/mol. The molecule has 0 saturated heterocycles.